The van der Waals surface area contributed by atoms with Gasteiger partial charge >= 0.3 is 5.97 Å². The van der Waals surface area contributed by atoms with Gasteiger partial charge in [0, 0.05) is 24.6 Å². The Labute approximate surface area is 126 Å². The highest BCUT2D eigenvalue weighted by Gasteiger charge is 2.19. The predicted molar refractivity (Wildman–Crippen MR) is 83.0 cm³/mol. The van der Waals surface area contributed by atoms with E-state index in [4.69, 9.17) is 5.11 Å². The van der Waals surface area contributed by atoms with Gasteiger partial charge in [-0.2, -0.15) is 11.8 Å². The van der Waals surface area contributed by atoms with E-state index in [2.05, 4.69) is 12.2 Å². The fourth-order valence-electron chi connectivity index (χ4n) is 2.54. The first-order chi connectivity index (χ1) is 9.58. The van der Waals surface area contributed by atoms with Crippen molar-refractivity contribution >= 4 is 23.6 Å². The molecule has 1 aliphatic heterocycles. The van der Waals surface area contributed by atoms with E-state index in [9.17, 15) is 9.59 Å². The molecule has 5 heteroatoms. The van der Waals surface area contributed by atoms with E-state index < -0.39 is 5.97 Å². The van der Waals surface area contributed by atoms with Gasteiger partial charge in [0.25, 0.3) is 0 Å². The zero-order chi connectivity index (χ0) is 14.8. The van der Waals surface area contributed by atoms with Gasteiger partial charge in [0.1, 0.15) is 0 Å². The number of unbranched alkanes of at least 4 members (excludes halogenated alkanes) is 3. The molecule has 20 heavy (non-hydrogen) atoms. The number of hydrogen-bond donors (Lipinski definition) is 2. The molecule has 0 aliphatic carbocycles. The van der Waals surface area contributed by atoms with Crippen LogP contribution < -0.4 is 5.32 Å². The standard InChI is InChI=1S/C15H27NO3S/c1-12-10-13(8-9-20-12)11-16-14(17)6-4-2-3-5-7-15(18)19/h12-13H,2-11H2,1H3,(H,16,17)(H,18,19). The Morgan fingerprint density at radius 1 is 1.20 bits per heavy atom. The van der Waals surface area contributed by atoms with Gasteiger partial charge in [0.2, 0.25) is 5.91 Å². The molecular weight excluding hydrogens is 274 g/mol. The average molecular weight is 301 g/mol. The van der Waals surface area contributed by atoms with Crippen LogP contribution in [0.3, 0.4) is 0 Å². The number of rotatable bonds is 9. The molecule has 1 aliphatic rings. The van der Waals surface area contributed by atoms with E-state index in [0.29, 0.717) is 18.8 Å². The first kappa shape index (κ1) is 17.3. The van der Waals surface area contributed by atoms with Crippen LogP contribution in [0.25, 0.3) is 0 Å². The van der Waals surface area contributed by atoms with E-state index >= 15 is 0 Å². The van der Waals surface area contributed by atoms with E-state index in [-0.39, 0.29) is 12.3 Å². The lowest BCUT2D eigenvalue weighted by molar-refractivity contribution is -0.137. The summed E-state index contributed by atoms with van der Waals surface area (Å²) in [6.07, 6.45) is 6.66. The minimum atomic E-state index is -0.734. The lowest BCUT2D eigenvalue weighted by Crippen LogP contribution is -2.32. The summed E-state index contributed by atoms with van der Waals surface area (Å²) in [5.74, 6) is 1.27. The quantitative estimate of drug-likeness (QED) is 0.642. The van der Waals surface area contributed by atoms with Crippen molar-refractivity contribution in [3.63, 3.8) is 0 Å². The second-order valence-electron chi connectivity index (χ2n) is 5.68. The Morgan fingerprint density at radius 3 is 2.55 bits per heavy atom. The van der Waals surface area contributed by atoms with Crippen molar-refractivity contribution in [2.75, 3.05) is 12.3 Å². The number of nitrogens with one attached hydrogen (secondary N) is 1. The summed E-state index contributed by atoms with van der Waals surface area (Å²) in [4.78, 5) is 22.0. The Bertz CT molecular complexity index is 309. The second kappa shape index (κ2) is 10.1. The molecule has 2 unspecified atom stereocenters. The molecule has 0 aromatic carbocycles. The van der Waals surface area contributed by atoms with Crippen LogP contribution in [0.5, 0.6) is 0 Å². The van der Waals surface area contributed by atoms with Crippen molar-refractivity contribution < 1.29 is 14.7 Å². The molecule has 2 N–H and O–H groups in total. The fraction of sp³-hybridized carbons (Fsp3) is 0.867. The van der Waals surface area contributed by atoms with Gasteiger partial charge < -0.3 is 10.4 Å². The topological polar surface area (TPSA) is 66.4 Å². The molecule has 1 amide bonds. The first-order valence-electron chi connectivity index (χ1n) is 7.68. The summed E-state index contributed by atoms with van der Waals surface area (Å²) in [6.45, 7) is 3.08. The van der Waals surface area contributed by atoms with Gasteiger partial charge in [-0.3, -0.25) is 9.59 Å². The van der Waals surface area contributed by atoms with Gasteiger partial charge in [-0.15, -0.1) is 0 Å². The Hall–Kier alpha value is -0.710. The minimum absolute atomic E-state index is 0.147. The summed E-state index contributed by atoms with van der Waals surface area (Å²) in [6, 6.07) is 0. The third kappa shape index (κ3) is 8.46. The largest absolute Gasteiger partial charge is 0.481 e. The Kier molecular flexibility index (Phi) is 8.74. The molecule has 116 valence electrons. The maximum absolute atomic E-state index is 11.7. The molecule has 4 nitrogen and oxygen atoms in total. The number of thioether (sulfide) groups is 1. The SMILES string of the molecule is CC1CC(CNC(=O)CCCCCCC(=O)O)CCS1. The van der Waals surface area contributed by atoms with Crippen LogP contribution in [0, 0.1) is 5.92 Å². The van der Waals surface area contributed by atoms with Crippen LogP contribution in [0.1, 0.15) is 58.3 Å². The highest BCUT2D eigenvalue weighted by atomic mass is 32.2. The average Bonchev–Trinajstić information content (AvgIpc) is 2.40. The zero-order valence-corrected chi connectivity index (χ0v) is 13.2. The summed E-state index contributed by atoms with van der Waals surface area (Å²) in [5, 5.41) is 12.3. The predicted octanol–water partition coefficient (Wildman–Crippen LogP) is 3.06. The van der Waals surface area contributed by atoms with Crippen molar-refractivity contribution in [2.24, 2.45) is 5.92 Å². The van der Waals surface area contributed by atoms with Gasteiger partial charge in [0.05, 0.1) is 0 Å². The van der Waals surface area contributed by atoms with Crippen LogP contribution >= 0.6 is 11.8 Å². The van der Waals surface area contributed by atoms with E-state index in [0.717, 1.165) is 31.1 Å². The van der Waals surface area contributed by atoms with Crippen molar-refractivity contribution in [1.29, 1.82) is 0 Å². The summed E-state index contributed by atoms with van der Waals surface area (Å²) in [7, 11) is 0. The molecule has 2 atom stereocenters. The van der Waals surface area contributed by atoms with Crippen LogP contribution in [0.15, 0.2) is 0 Å². The Balaban J connectivity index is 1.96. The fourth-order valence-corrected chi connectivity index (χ4v) is 3.82. The number of hydrogen-bond acceptors (Lipinski definition) is 3. The summed E-state index contributed by atoms with van der Waals surface area (Å²) < 4.78 is 0. The molecule has 0 bridgehead atoms. The monoisotopic (exact) mass is 301 g/mol. The third-order valence-corrected chi connectivity index (χ3v) is 4.96. The van der Waals surface area contributed by atoms with Crippen molar-refractivity contribution in [3.05, 3.63) is 0 Å². The molecule has 1 saturated heterocycles. The number of amides is 1. The molecule has 0 aromatic heterocycles. The lowest BCUT2D eigenvalue weighted by atomic mass is 10.00. The smallest absolute Gasteiger partial charge is 0.303 e. The maximum atomic E-state index is 11.7. The number of carbonyl (C=O) groups is 2. The molecule has 1 fully saturated rings. The van der Waals surface area contributed by atoms with Crippen molar-refractivity contribution in [1.82, 2.24) is 5.32 Å². The molecule has 1 rings (SSSR count). The van der Waals surface area contributed by atoms with E-state index in [1.807, 2.05) is 11.8 Å². The third-order valence-electron chi connectivity index (χ3n) is 3.73. The number of aliphatic carboxylic acids is 1. The molecule has 0 saturated carbocycles. The number of carboxylic acids is 1. The van der Waals surface area contributed by atoms with Gasteiger partial charge in [-0.05, 0) is 37.4 Å². The van der Waals surface area contributed by atoms with Crippen molar-refractivity contribution in [2.45, 2.75) is 63.5 Å². The highest BCUT2D eigenvalue weighted by Crippen LogP contribution is 2.28. The normalized spacial score (nSPS) is 22.4. The van der Waals surface area contributed by atoms with Gasteiger partial charge in [-0.1, -0.05) is 19.8 Å². The second-order valence-corrected chi connectivity index (χ2v) is 7.23. The van der Waals surface area contributed by atoms with Crippen LogP contribution in [-0.2, 0) is 9.59 Å². The van der Waals surface area contributed by atoms with E-state index in [1.165, 1.54) is 18.6 Å². The number of carbonyl (C=O) groups excluding carboxylic acids is 1. The number of carboxylic acid groups (broad SMARTS) is 1. The van der Waals surface area contributed by atoms with Crippen LogP contribution in [-0.4, -0.2) is 34.5 Å². The maximum Gasteiger partial charge on any atom is 0.303 e. The van der Waals surface area contributed by atoms with Crippen molar-refractivity contribution in [3.8, 4) is 0 Å². The van der Waals surface area contributed by atoms with Gasteiger partial charge in [0.15, 0.2) is 0 Å². The lowest BCUT2D eigenvalue weighted by Gasteiger charge is -2.26. The first-order valence-corrected chi connectivity index (χ1v) is 8.73. The minimum Gasteiger partial charge on any atom is -0.481 e. The highest BCUT2D eigenvalue weighted by molar-refractivity contribution is 7.99. The Morgan fingerprint density at radius 2 is 1.90 bits per heavy atom. The van der Waals surface area contributed by atoms with Crippen LogP contribution in [0.4, 0.5) is 0 Å². The molecule has 0 radical (unpaired) electrons. The zero-order valence-electron chi connectivity index (χ0n) is 12.4. The molecule has 0 spiro atoms. The summed E-state index contributed by atoms with van der Waals surface area (Å²) >= 11 is 2.03. The molecule has 0 aromatic rings. The van der Waals surface area contributed by atoms with Gasteiger partial charge in [-0.25, -0.2) is 0 Å². The molecular formula is C15H27NO3S. The van der Waals surface area contributed by atoms with E-state index in [1.54, 1.807) is 0 Å². The molecule has 1 heterocycles. The summed E-state index contributed by atoms with van der Waals surface area (Å²) in [5.41, 5.74) is 0. The van der Waals surface area contributed by atoms with Crippen LogP contribution in [0.2, 0.25) is 0 Å².